The van der Waals surface area contributed by atoms with E-state index in [0.29, 0.717) is 29.2 Å². The number of nitro groups is 2. The highest BCUT2D eigenvalue weighted by molar-refractivity contribution is 6.34. The molecule has 1 heterocycles. The number of para-hydroxylation sites is 3. The highest BCUT2D eigenvalue weighted by Gasteiger charge is 2.26. The van der Waals surface area contributed by atoms with Crippen LogP contribution in [0.2, 0.25) is 15.1 Å². The van der Waals surface area contributed by atoms with Crippen molar-refractivity contribution in [1.29, 1.82) is 0 Å². The summed E-state index contributed by atoms with van der Waals surface area (Å²) in [5, 5.41) is 59.1. The number of carboxylic acids is 3. The van der Waals surface area contributed by atoms with Crippen molar-refractivity contribution in [2.75, 3.05) is 19.5 Å². The molecule has 0 aromatic heterocycles. The second kappa shape index (κ2) is 23.5. The third-order valence-electron chi connectivity index (χ3n) is 8.66. The van der Waals surface area contributed by atoms with Crippen LogP contribution in [-0.2, 0) is 9.47 Å². The maximum absolute atomic E-state index is 12.8. The molecule has 1 aliphatic heterocycles. The Hall–Kier alpha value is -8.86. The lowest BCUT2D eigenvalue weighted by molar-refractivity contribution is -0.387. The van der Waals surface area contributed by atoms with Gasteiger partial charge in [0, 0.05) is 30.3 Å². The van der Waals surface area contributed by atoms with Crippen LogP contribution in [0.1, 0.15) is 62.1 Å². The lowest BCUT2D eigenvalue weighted by Crippen LogP contribution is -2.11. The number of fused-ring (bicyclic) bond motifs is 2. The molecule has 0 bridgehead atoms. The summed E-state index contributed by atoms with van der Waals surface area (Å²) in [5.74, 6) is -6.43. The third-order valence-corrected chi connectivity index (χ3v) is 9.60. The molecular formula is C44H29Cl3FN3O18. The molecule has 0 saturated carbocycles. The number of phenolic OH excluding ortho intramolecular Hbond substituents is 1. The number of ether oxygens (including phenoxy) is 4. The summed E-state index contributed by atoms with van der Waals surface area (Å²) in [6.45, 7) is 0. The number of halogens is 4. The van der Waals surface area contributed by atoms with E-state index < -0.39 is 68.0 Å². The predicted molar refractivity (Wildman–Crippen MR) is 240 cm³/mol. The average molecular weight is 1010 g/mol. The molecule has 6 aromatic carbocycles. The van der Waals surface area contributed by atoms with Crippen molar-refractivity contribution in [2.45, 2.75) is 0 Å². The molecule has 1 amide bonds. The second-order valence-corrected chi connectivity index (χ2v) is 14.2. The minimum atomic E-state index is -1.45. The zero-order valence-corrected chi connectivity index (χ0v) is 37.1. The molecule has 0 saturated heterocycles. The number of methoxy groups -OCH3 is 2. The number of nitrogens with one attached hydrogen (secondary N) is 1. The summed E-state index contributed by atoms with van der Waals surface area (Å²) < 4.78 is 32.9. The van der Waals surface area contributed by atoms with E-state index in [2.05, 4.69) is 14.8 Å². The van der Waals surface area contributed by atoms with Crippen LogP contribution < -0.4 is 14.8 Å². The standard InChI is InChI=1S/C15H10ClNO7.C14H8ClNO4.C8H8O3.C7H3ClFNO4/c1-23-15(20)8-4-2-3-5-12(8)24-13-7-10(16)9(14(18)19)6-11(13)17(21)22;15-9-6-12-10(5-8(9)14(18)19)16-13(17)7-3-1-2-4-11(7)20-12;1-11-8(10)6-4-2-3-5-7(6)9;8-4-2-5(9)6(10(13)14)1-3(4)7(11)12/h2-7H,1H3,(H,18,19);1-6H,(H,16,17)(H,18,19);2-5,9H,1H3;1-2H,(H,11,12). The van der Waals surface area contributed by atoms with Crippen LogP contribution >= 0.6 is 34.8 Å². The van der Waals surface area contributed by atoms with E-state index in [4.69, 9.17) is 64.7 Å². The van der Waals surface area contributed by atoms with Gasteiger partial charge in [-0.2, -0.15) is 4.39 Å². The molecule has 0 atom stereocenters. The first-order chi connectivity index (χ1) is 32.6. The maximum atomic E-state index is 12.8. The Bertz CT molecular complexity index is 3010. The largest absolute Gasteiger partial charge is 0.507 e. The zero-order chi connectivity index (χ0) is 51.3. The molecule has 25 heteroatoms. The highest BCUT2D eigenvalue weighted by atomic mass is 35.5. The van der Waals surface area contributed by atoms with Crippen molar-refractivity contribution >= 4 is 87.6 Å². The third kappa shape index (κ3) is 13.4. The molecule has 5 N–H and O–H groups in total. The van der Waals surface area contributed by atoms with Gasteiger partial charge in [0.25, 0.3) is 5.91 Å². The molecule has 0 spiro atoms. The number of carbonyl (C=O) groups excluding carboxylic acids is 3. The van der Waals surface area contributed by atoms with Crippen LogP contribution in [0.3, 0.4) is 0 Å². The van der Waals surface area contributed by atoms with Crippen LogP contribution in [0.25, 0.3) is 0 Å². The smallest absolute Gasteiger partial charge is 0.341 e. The van der Waals surface area contributed by atoms with Crippen LogP contribution in [0, 0.1) is 26.0 Å². The van der Waals surface area contributed by atoms with E-state index in [1.807, 2.05) is 0 Å². The molecule has 0 unspecified atom stereocenters. The van der Waals surface area contributed by atoms with Crippen molar-refractivity contribution in [3.8, 4) is 28.7 Å². The summed E-state index contributed by atoms with van der Waals surface area (Å²) in [6, 6.07) is 24.6. The van der Waals surface area contributed by atoms with Gasteiger partial charge < -0.3 is 44.7 Å². The maximum Gasteiger partial charge on any atom is 0.341 e. The van der Waals surface area contributed by atoms with Gasteiger partial charge in [-0.3, -0.25) is 25.0 Å². The Morgan fingerprint density at radius 3 is 1.65 bits per heavy atom. The number of phenols is 1. The van der Waals surface area contributed by atoms with Crippen LogP contribution in [0.4, 0.5) is 21.5 Å². The molecular weight excluding hydrogens is 984 g/mol. The lowest BCUT2D eigenvalue weighted by Gasteiger charge is -2.11. The molecule has 7 rings (SSSR count). The highest BCUT2D eigenvalue weighted by Crippen LogP contribution is 2.40. The number of hydrogen-bond acceptors (Lipinski definition) is 15. The summed E-state index contributed by atoms with van der Waals surface area (Å²) in [5.41, 5.74) is -1.66. The summed E-state index contributed by atoms with van der Waals surface area (Å²) in [4.78, 5) is 86.8. The first kappa shape index (κ1) is 52.8. The SMILES string of the molecule is COC(=O)c1ccccc1O.COC(=O)c1ccccc1Oc1cc(Cl)c(C(=O)O)cc1[N+](=O)[O-].O=C(O)c1cc([N+](=O)[O-])c(F)cc1Cl.O=C(O)c1cc2c(cc1Cl)Oc1ccccc1C(=O)N2. The quantitative estimate of drug-likeness (QED) is 0.0510. The molecule has 356 valence electrons. The summed E-state index contributed by atoms with van der Waals surface area (Å²) in [6.07, 6.45) is 0. The number of anilines is 1. The average Bonchev–Trinajstić information content (AvgIpc) is 3.43. The first-order valence-electron chi connectivity index (χ1n) is 18.5. The number of amides is 1. The van der Waals surface area contributed by atoms with Gasteiger partial charge in [0.1, 0.15) is 28.4 Å². The van der Waals surface area contributed by atoms with Crippen LogP contribution in [0.15, 0.2) is 109 Å². The number of carboxylic acid groups (broad SMARTS) is 3. The monoisotopic (exact) mass is 1010 g/mol. The number of benzene rings is 6. The number of aromatic carboxylic acids is 3. The van der Waals surface area contributed by atoms with E-state index in [0.717, 1.165) is 12.1 Å². The minimum Gasteiger partial charge on any atom is -0.507 e. The van der Waals surface area contributed by atoms with Gasteiger partial charge in [0.15, 0.2) is 5.75 Å². The van der Waals surface area contributed by atoms with Crippen molar-refractivity contribution < 1.29 is 82.4 Å². The predicted octanol–water partition coefficient (Wildman–Crippen LogP) is 10.2. The van der Waals surface area contributed by atoms with Crippen molar-refractivity contribution in [3.05, 3.63) is 184 Å². The van der Waals surface area contributed by atoms with Gasteiger partial charge in [-0.25, -0.2) is 24.0 Å². The summed E-state index contributed by atoms with van der Waals surface area (Å²) in [7, 11) is 2.45. The van der Waals surface area contributed by atoms with Gasteiger partial charge in [0.05, 0.1) is 67.1 Å². The Morgan fingerprint density at radius 1 is 0.609 bits per heavy atom. The Kier molecular flexibility index (Phi) is 18.0. The fraction of sp³-hybridized carbons (Fsp3) is 0.0455. The summed E-state index contributed by atoms with van der Waals surface area (Å²) >= 11 is 17.1. The van der Waals surface area contributed by atoms with Crippen LogP contribution in [0.5, 0.6) is 28.7 Å². The number of hydrogen-bond donors (Lipinski definition) is 5. The number of carbonyl (C=O) groups is 6. The topological polar surface area (TPSA) is 319 Å². The molecule has 69 heavy (non-hydrogen) atoms. The first-order valence-corrected chi connectivity index (χ1v) is 19.7. The van der Waals surface area contributed by atoms with Gasteiger partial charge >= 0.3 is 41.2 Å². The van der Waals surface area contributed by atoms with E-state index >= 15 is 0 Å². The van der Waals surface area contributed by atoms with Crippen LogP contribution in [-0.4, -0.2) is 80.2 Å². The Balaban J connectivity index is 0.000000209. The van der Waals surface area contributed by atoms with Crippen molar-refractivity contribution in [3.63, 3.8) is 0 Å². The van der Waals surface area contributed by atoms with Gasteiger partial charge in [-0.05, 0) is 42.5 Å². The molecule has 0 fully saturated rings. The number of nitrogens with zero attached hydrogens (tertiary/aromatic N) is 2. The minimum absolute atomic E-state index is 0.00610. The van der Waals surface area contributed by atoms with Gasteiger partial charge in [-0.15, -0.1) is 0 Å². The Morgan fingerprint density at radius 2 is 1.09 bits per heavy atom. The number of rotatable bonds is 9. The normalized spacial score (nSPS) is 10.6. The zero-order valence-electron chi connectivity index (χ0n) is 34.8. The van der Waals surface area contributed by atoms with E-state index in [1.54, 1.807) is 48.5 Å². The van der Waals surface area contributed by atoms with Crippen molar-refractivity contribution in [1.82, 2.24) is 0 Å². The number of nitro benzene ring substituents is 2. The second-order valence-electron chi connectivity index (χ2n) is 13.0. The fourth-order valence-electron chi connectivity index (χ4n) is 5.43. The fourth-order valence-corrected chi connectivity index (χ4v) is 6.13. The van der Waals surface area contributed by atoms with E-state index in [9.17, 15) is 53.4 Å². The van der Waals surface area contributed by atoms with E-state index in [-0.39, 0.29) is 60.6 Å². The number of aromatic hydroxyl groups is 1. The van der Waals surface area contributed by atoms with E-state index in [1.165, 1.54) is 50.6 Å². The van der Waals surface area contributed by atoms with Crippen molar-refractivity contribution in [2.24, 2.45) is 0 Å². The number of esters is 2. The molecule has 21 nitrogen and oxygen atoms in total. The molecule has 1 aliphatic rings. The molecule has 0 aliphatic carbocycles. The molecule has 6 aromatic rings. The lowest BCUT2D eigenvalue weighted by atomic mass is 10.1. The van der Waals surface area contributed by atoms with Gasteiger partial charge in [-0.1, -0.05) is 71.2 Å². The van der Waals surface area contributed by atoms with Gasteiger partial charge in [0.2, 0.25) is 11.6 Å². The molecule has 0 radical (unpaired) electrons. The Labute approximate surface area is 400 Å².